The lowest BCUT2D eigenvalue weighted by Crippen LogP contribution is -2.22. The molecule has 0 amide bonds. The molecule has 0 radical (unpaired) electrons. The highest BCUT2D eigenvalue weighted by atomic mass is 79.9. The van der Waals surface area contributed by atoms with Gasteiger partial charge in [-0.3, -0.25) is 0 Å². The fourth-order valence-electron chi connectivity index (χ4n) is 0.730. The Labute approximate surface area is 90.1 Å². The molecular weight excluding hydrogens is 232 g/mol. The zero-order chi connectivity index (χ0) is 10.3. The molecule has 0 unspecified atom stereocenters. The summed E-state index contributed by atoms with van der Waals surface area (Å²) >= 11 is 3.45. The zero-order valence-corrected chi connectivity index (χ0v) is 10.7. The molecule has 0 spiro atoms. The van der Waals surface area contributed by atoms with Crippen molar-refractivity contribution in [1.29, 1.82) is 0 Å². The van der Waals surface area contributed by atoms with Crippen molar-refractivity contribution < 1.29 is 9.47 Å². The first-order valence-corrected chi connectivity index (χ1v) is 5.85. The lowest BCUT2D eigenvalue weighted by atomic mass is 9.99. The second kappa shape index (κ2) is 6.80. The maximum atomic E-state index is 5.48. The summed E-state index contributed by atoms with van der Waals surface area (Å²) in [6, 6.07) is 0. The van der Waals surface area contributed by atoms with Crippen LogP contribution in [0.5, 0.6) is 0 Å². The minimum atomic E-state index is 0.220. The van der Waals surface area contributed by atoms with E-state index in [0.717, 1.165) is 11.9 Å². The van der Waals surface area contributed by atoms with E-state index < -0.39 is 0 Å². The van der Waals surface area contributed by atoms with E-state index in [0.29, 0.717) is 19.3 Å². The van der Waals surface area contributed by atoms with Crippen LogP contribution >= 0.6 is 15.9 Å². The summed E-state index contributed by atoms with van der Waals surface area (Å²) in [5, 5.41) is 0.963. The van der Waals surface area contributed by atoms with Crippen LogP contribution in [0.1, 0.15) is 27.7 Å². The van der Waals surface area contributed by atoms with E-state index in [9.17, 15) is 0 Å². The second-order valence-corrected chi connectivity index (χ2v) is 4.83. The summed E-state index contributed by atoms with van der Waals surface area (Å²) in [6.07, 6.45) is 0.299. The van der Waals surface area contributed by atoms with Gasteiger partial charge in [-0.25, -0.2) is 0 Å². The largest absolute Gasteiger partial charge is 0.378 e. The van der Waals surface area contributed by atoms with E-state index in [1.165, 1.54) is 0 Å². The minimum absolute atomic E-state index is 0.220. The van der Waals surface area contributed by atoms with Gasteiger partial charge in [0.2, 0.25) is 0 Å². The predicted molar refractivity (Wildman–Crippen MR) is 59.5 cm³/mol. The highest BCUT2D eigenvalue weighted by Gasteiger charge is 2.15. The fraction of sp³-hybridized carbons (Fsp3) is 1.00. The van der Waals surface area contributed by atoms with Crippen LogP contribution in [-0.4, -0.2) is 31.3 Å². The van der Waals surface area contributed by atoms with Gasteiger partial charge in [-0.15, -0.1) is 0 Å². The summed E-state index contributed by atoms with van der Waals surface area (Å²) in [7, 11) is 0. The second-order valence-electron chi connectivity index (χ2n) is 4.27. The van der Waals surface area contributed by atoms with Crippen molar-refractivity contribution >= 4 is 15.9 Å². The Morgan fingerprint density at radius 1 is 1.23 bits per heavy atom. The smallest absolute Gasteiger partial charge is 0.0703 e. The van der Waals surface area contributed by atoms with Gasteiger partial charge in [-0.2, -0.15) is 0 Å². The van der Waals surface area contributed by atoms with E-state index in [4.69, 9.17) is 9.47 Å². The number of hydrogen-bond donors (Lipinski definition) is 0. The van der Waals surface area contributed by atoms with Crippen molar-refractivity contribution in [2.75, 3.05) is 25.2 Å². The molecule has 0 N–H and O–H groups in total. The average Bonchev–Trinajstić information content (AvgIpc) is 2.03. The summed E-state index contributed by atoms with van der Waals surface area (Å²) in [5.41, 5.74) is 0.220. The standard InChI is InChI=1S/C10H21BrO2/c1-9(2)13-6-5-12-8-10(3,4)7-11/h9H,5-8H2,1-4H3. The molecule has 0 atom stereocenters. The van der Waals surface area contributed by atoms with E-state index in [2.05, 4.69) is 29.8 Å². The zero-order valence-electron chi connectivity index (χ0n) is 9.10. The third-order valence-electron chi connectivity index (χ3n) is 1.53. The average molecular weight is 253 g/mol. The topological polar surface area (TPSA) is 18.5 Å². The van der Waals surface area contributed by atoms with Crippen LogP contribution in [0.15, 0.2) is 0 Å². The van der Waals surface area contributed by atoms with Crippen molar-refractivity contribution in [1.82, 2.24) is 0 Å². The van der Waals surface area contributed by atoms with Gasteiger partial charge in [-0.05, 0) is 19.3 Å². The summed E-state index contributed by atoms with van der Waals surface area (Å²) in [5.74, 6) is 0. The van der Waals surface area contributed by atoms with Crippen LogP contribution in [-0.2, 0) is 9.47 Å². The monoisotopic (exact) mass is 252 g/mol. The first-order chi connectivity index (χ1) is 5.98. The lowest BCUT2D eigenvalue weighted by molar-refractivity contribution is 0.000916. The van der Waals surface area contributed by atoms with Crippen molar-refractivity contribution in [3.05, 3.63) is 0 Å². The van der Waals surface area contributed by atoms with Crippen LogP contribution in [0.2, 0.25) is 0 Å². The van der Waals surface area contributed by atoms with E-state index >= 15 is 0 Å². The molecule has 0 rings (SSSR count). The SMILES string of the molecule is CC(C)OCCOCC(C)(C)CBr. The molecule has 13 heavy (non-hydrogen) atoms. The van der Waals surface area contributed by atoms with Crippen LogP contribution < -0.4 is 0 Å². The number of alkyl halides is 1. The third-order valence-corrected chi connectivity index (χ3v) is 3.05. The summed E-state index contributed by atoms with van der Waals surface area (Å²) in [6.45, 7) is 10.6. The minimum Gasteiger partial charge on any atom is -0.378 e. The van der Waals surface area contributed by atoms with Crippen molar-refractivity contribution in [3.8, 4) is 0 Å². The molecule has 0 saturated heterocycles. The van der Waals surface area contributed by atoms with Gasteiger partial charge < -0.3 is 9.47 Å². The van der Waals surface area contributed by atoms with Gasteiger partial charge in [0, 0.05) is 5.33 Å². The van der Waals surface area contributed by atoms with Gasteiger partial charge in [0.1, 0.15) is 0 Å². The molecule has 0 heterocycles. The Balaban J connectivity index is 3.26. The van der Waals surface area contributed by atoms with Crippen molar-refractivity contribution in [2.24, 2.45) is 5.41 Å². The predicted octanol–water partition coefficient (Wildman–Crippen LogP) is 2.85. The molecular formula is C10H21BrO2. The molecule has 3 heteroatoms. The molecule has 0 aliphatic carbocycles. The molecule has 0 aromatic carbocycles. The van der Waals surface area contributed by atoms with Crippen LogP contribution in [0.25, 0.3) is 0 Å². The van der Waals surface area contributed by atoms with Gasteiger partial charge in [-0.1, -0.05) is 29.8 Å². The molecule has 80 valence electrons. The van der Waals surface area contributed by atoms with Crippen molar-refractivity contribution in [2.45, 2.75) is 33.8 Å². The first kappa shape index (κ1) is 13.4. The van der Waals surface area contributed by atoms with Gasteiger partial charge >= 0.3 is 0 Å². The molecule has 0 bridgehead atoms. The quantitative estimate of drug-likeness (QED) is 0.513. The highest BCUT2D eigenvalue weighted by Crippen LogP contribution is 2.17. The fourth-order valence-corrected chi connectivity index (χ4v) is 0.892. The van der Waals surface area contributed by atoms with Crippen LogP contribution in [0, 0.1) is 5.41 Å². The lowest BCUT2D eigenvalue weighted by Gasteiger charge is -2.21. The molecule has 0 saturated carbocycles. The van der Waals surface area contributed by atoms with Gasteiger partial charge in [0.25, 0.3) is 0 Å². The van der Waals surface area contributed by atoms with Gasteiger partial charge in [0.05, 0.1) is 25.9 Å². The Morgan fingerprint density at radius 2 is 1.85 bits per heavy atom. The normalized spacial score (nSPS) is 12.5. The Hall–Kier alpha value is 0.400. The van der Waals surface area contributed by atoms with Crippen molar-refractivity contribution in [3.63, 3.8) is 0 Å². The van der Waals surface area contributed by atoms with Crippen LogP contribution in [0.4, 0.5) is 0 Å². The first-order valence-electron chi connectivity index (χ1n) is 4.73. The number of rotatable bonds is 7. The molecule has 0 aliphatic heterocycles. The van der Waals surface area contributed by atoms with Gasteiger partial charge in [0.15, 0.2) is 0 Å². The summed E-state index contributed by atoms with van der Waals surface area (Å²) in [4.78, 5) is 0. The van der Waals surface area contributed by atoms with E-state index in [-0.39, 0.29) is 5.41 Å². The highest BCUT2D eigenvalue weighted by molar-refractivity contribution is 9.09. The Kier molecular flexibility index (Phi) is 7.00. The Bertz CT molecular complexity index is 124. The van der Waals surface area contributed by atoms with Crippen LogP contribution in [0.3, 0.4) is 0 Å². The molecule has 0 aliphatic rings. The Morgan fingerprint density at radius 3 is 2.31 bits per heavy atom. The van der Waals surface area contributed by atoms with E-state index in [1.54, 1.807) is 0 Å². The molecule has 0 fully saturated rings. The number of hydrogen-bond acceptors (Lipinski definition) is 2. The maximum Gasteiger partial charge on any atom is 0.0703 e. The summed E-state index contributed by atoms with van der Waals surface area (Å²) < 4.78 is 10.8. The number of ether oxygens (including phenoxy) is 2. The molecule has 0 aromatic heterocycles. The third kappa shape index (κ3) is 8.72. The van der Waals surface area contributed by atoms with E-state index in [1.807, 2.05) is 13.8 Å². The number of halogens is 1. The maximum absolute atomic E-state index is 5.48. The molecule has 2 nitrogen and oxygen atoms in total. The molecule has 0 aromatic rings.